The van der Waals surface area contributed by atoms with E-state index in [2.05, 4.69) is 24.5 Å². The second-order valence-corrected chi connectivity index (χ2v) is 5.55. The Morgan fingerprint density at radius 2 is 1.90 bits per heavy atom. The number of rotatable bonds is 8. The molecule has 3 unspecified atom stereocenters. The average molecular weight is 292 g/mol. The van der Waals surface area contributed by atoms with Gasteiger partial charge in [-0.2, -0.15) is 0 Å². The van der Waals surface area contributed by atoms with E-state index in [-0.39, 0.29) is 24.1 Å². The molecule has 0 aliphatic heterocycles. The van der Waals surface area contributed by atoms with Crippen molar-refractivity contribution in [1.29, 1.82) is 0 Å². The van der Waals surface area contributed by atoms with Crippen molar-refractivity contribution < 1.29 is 9.53 Å². The molecular formula is C17H28N2O2. The molecule has 3 atom stereocenters. The average Bonchev–Trinajstić information content (AvgIpc) is 2.47. The molecule has 21 heavy (non-hydrogen) atoms. The Balaban J connectivity index is 2.61. The molecule has 1 amide bonds. The van der Waals surface area contributed by atoms with E-state index in [0.717, 1.165) is 24.3 Å². The summed E-state index contributed by atoms with van der Waals surface area (Å²) in [5, 5.41) is 6.18. The number of carbonyl (C=O) groups is 1. The number of ether oxygens (including phenoxy) is 1. The van der Waals surface area contributed by atoms with Crippen molar-refractivity contribution in [3.05, 3.63) is 24.3 Å². The summed E-state index contributed by atoms with van der Waals surface area (Å²) in [6.45, 7) is 10.1. The van der Waals surface area contributed by atoms with Crippen molar-refractivity contribution in [3.8, 4) is 5.75 Å². The van der Waals surface area contributed by atoms with Gasteiger partial charge in [-0.3, -0.25) is 4.79 Å². The van der Waals surface area contributed by atoms with E-state index in [1.54, 1.807) is 0 Å². The van der Waals surface area contributed by atoms with E-state index in [1.807, 2.05) is 45.0 Å². The molecule has 1 aromatic rings. The van der Waals surface area contributed by atoms with E-state index in [0.29, 0.717) is 0 Å². The summed E-state index contributed by atoms with van der Waals surface area (Å²) in [6.07, 6.45) is 2.08. The topological polar surface area (TPSA) is 50.4 Å². The molecule has 0 radical (unpaired) electrons. The molecule has 4 nitrogen and oxygen atoms in total. The molecule has 0 aliphatic carbocycles. The molecule has 0 aliphatic rings. The minimum absolute atomic E-state index is 0.0117. The van der Waals surface area contributed by atoms with Crippen LogP contribution in [0.15, 0.2) is 24.3 Å². The smallest absolute Gasteiger partial charge is 0.242 e. The zero-order chi connectivity index (χ0) is 15.8. The number of nitrogens with one attached hydrogen (secondary N) is 2. The standard InChI is InChI=1S/C17H28N2O2/c1-6-12(3)18-17(20)14(5)19-15-9-8-10-16(11-15)21-13(4)7-2/h8-14,19H,6-7H2,1-5H3,(H,18,20). The van der Waals surface area contributed by atoms with E-state index in [1.165, 1.54) is 0 Å². The van der Waals surface area contributed by atoms with Gasteiger partial charge in [-0.25, -0.2) is 0 Å². The first kappa shape index (κ1) is 17.3. The summed E-state index contributed by atoms with van der Waals surface area (Å²) >= 11 is 0. The summed E-state index contributed by atoms with van der Waals surface area (Å²) in [7, 11) is 0. The van der Waals surface area contributed by atoms with Gasteiger partial charge in [0.1, 0.15) is 11.8 Å². The van der Waals surface area contributed by atoms with E-state index in [9.17, 15) is 4.79 Å². The van der Waals surface area contributed by atoms with Gasteiger partial charge in [0.2, 0.25) is 5.91 Å². The number of anilines is 1. The molecule has 0 heterocycles. The van der Waals surface area contributed by atoms with Crippen LogP contribution < -0.4 is 15.4 Å². The molecule has 4 heteroatoms. The first-order valence-corrected chi connectivity index (χ1v) is 7.79. The zero-order valence-electron chi connectivity index (χ0n) is 13.8. The summed E-state index contributed by atoms with van der Waals surface area (Å²) in [5.41, 5.74) is 0.891. The molecule has 1 aromatic carbocycles. The first-order valence-electron chi connectivity index (χ1n) is 7.79. The molecule has 0 saturated carbocycles. The van der Waals surface area contributed by atoms with Gasteiger partial charge in [-0.05, 0) is 45.7 Å². The van der Waals surface area contributed by atoms with Gasteiger partial charge >= 0.3 is 0 Å². The minimum Gasteiger partial charge on any atom is -0.491 e. The predicted octanol–water partition coefficient (Wildman–Crippen LogP) is 3.58. The van der Waals surface area contributed by atoms with Gasteiger partial charge in [0.05, 0.1) is 6.10 Å². The lowest BCUT2D eigenvalue weighted by Crippen LogP contribution is -2.41. The molecule has 118 valence electrons. The number of hydrogen-bond acceptors (Lipinski definition) is 3. The highest BCUT2D eigenvalue weighted by Crippen LogP contribution is 2.19. The Bertz CT molecular complexity index is 448. The summed E-state index contributed by atoms with van der Waals surface area (Å²) in [6, 6.07) is 7.65. The van der Waals surface area contributed by atoms with Crippen molar-refractivity contribution in [1.82, 2.24) is 5.32 Å². The fraction of sp³-hybridized carbons (Fsp3) is 0.588. The third-order valence-electron chi connectivity index (χ3n) is 3.52. The molecule has 0 fully saturated rings. The Labute approximate surface area is 128 Å². The van der Waals surface area contributed by atoms with Crippen molar-refractivity contribution in [3.63, 3.8) is 0 Å². The number of carbonyl (C=O) groups excluding carboxylic acids is 1. The number of hydrogen-bond donors (Lipinski definition) is 2. The quantitative estimate of drug-likeness (QED) is 0.770. The lowest BCUT2D eigenvalue weighted by atomic mass is 10.2. The SMILES string of the molecule is CCC(C)NC(=O)C(C)Nc1cccc(OC(C)CC)c1. The van der Waals surface area contributed by atoms with Crippen molar-refractivity contribution in [2.24, 2.45) is 0 Å². The maximum atomic E-state index is 12.0. The van der Waals surface area contributed by atoms with Crippen LogP contribution in [-0.2, 0) is 4.79 Å². The van der Waals surface area contributed by atoms with E-state index < -0.39 is 0 Å². The van der Waals surface area contributed by atoms with Crippen LogP contribution in [0.1, 0.15) is 47.5 Å². The molecule has 1 rings (SSSR count). The fourth-order valence-electron chi connectivity index (χ4n) is 1.76. The maximum absolute atomic E-state index is 12.0. The van der Waals surface area contributed by atoms with Crippen molar-refractivity contribution >= 4 is 11.6 Å². The zero-order valence-corrected chi connectivity index (χ0v) is 13.8. The molecule has 0 bridgehead atoms. The van der Waals surface area contributed by atoms with Gasteiger partial charge in [0.15, 0.2) is 0 Å². The third kappa shape index (κ3) is 6.06. The second kappa shape index (κ2) is 8.55. The maximum Gasteiger partial charge on any atom is 0.242 e. The number of amides is 1. The van der Waals surface area contributed by atoms with Gasteiger partial charge in [-0.15, -0.1) is 0 Å². The van der Waals surface area contributed by atoms with Gasteiger partial charge in [-0.1, -0.05) is 19.9 Å². The molecular weight excluding hydrogens is 264 g/mol. The number of benzene rings is 1. The summed E-state index contributed by atoms with van der Waals surface area (Å²) in [5.74, 6) is 0.835. The second-order valence-electron chi connectivity index (χ2n) is 5.55. The minimum atomic E-state index is -0.280. The van der Waals surface area contributed by atoms with Crippen LogP contribution in [0.2, 0.25) is 0 Å². The molecule has 0 aromatic heterocycles. The fourth-order valence-corrected chi connectivity index (χ4v) is 1.76. The van der Waals surface area contributed by atoms with Crippen LogP contribution in [0.5, 0.6) is 5.75 Å². The van der Waals surface area contributed by atoms with Crippen molar-refractivity contribution in [2.75, 3.05) is 5.32 Å². The van der Waals surface area contributed by atoms with Crippen LogP contribution in [-0.4, -0.2) is 24.1 Å². The van der Waals surface area contributed by atoms with Gasteiger partial charge in [0, 0.05) is 17.8 Å². The monoisotopic (exact) mass is 292 g/mol. The Kier molecular flexibility index (Phi) is 7.06. The van der Waals surface area contributed by atoms with Crippen LogP contribution >= 0.6 is 0 Å². The lowest BCUT2D eigenvalue weighted by molar-refractivity contribution is -0.122. The van der Waals surface area contributed by atoms with Crippen molar-refractivity contribution in [2.45, 2.75) is 65.6 Å². The van der Waals surface area contributed by atoms with E-state index >= 15 is 0 Å². The highest BCUT2D eigenvalue weighted by atomic mass is 16.5. The predicted molar refractivity (Wildman–Crippen MR) is 87.8 cm³/mol. The van der Waals surface area contributed by atoms with Crippen LogP contribution in [0.3, 0.4) is 0 Å². The molecule has 0 spiro atoms. The van der Waals surface area contributed by atoms with Crippen LogP contribution in [0.25, 0.3) is 0 Å². The van der Waals surface area contributed by atoms with Crippen LogP contribution in [0, 0.1) is 0 Å². The normalized spacial score (nSPS) is 14.9. The Morgan fingerprint density at radius 3 is 2.52 bits per heavy atom. The Hall–Kier alpha value is -1.71. The largest absolute Gasteiger partial charge is 0.491 e. The summed E-state index contributed by atoms with van der Waals surface area (Å²) < 4.78 is 5.79. The summed E-state index contributed by atoms with van der Waals surface area (Å²) in [4.78, 5) is 12.0. The van der Waals surface area contributed by atoms with E-state index in [4.69, 9.17) is 4.74 Å². The highest BCUT2D eigenvalue weighted by Gasteiger charge is 2.14. The first-order chi connectivity index (χ1) is 9.96. The van der Waals surface area contributed by atoms with Crippen LogP contribution in [0.4, 0.5) is 5.69 Å². The molecule has 2 N–H and O–H groups in total. The molecule has 0 saturated heterocycles. The third-order valence-corrected chi connectivity index (χ3v) is 3.52. The van der Waals surface area contributed by atoms with Gasteiger partial charge < -0.3 is 15.4 Å². The lowest BCUT2D eigenvalue weighted by Gasteiger charge is -2.19. The van der Waals surface area contributed by atoms with Gasteiger partial charge in [0.25, 0.3) is 0 Å². The Morgan fingerprint density at radius 1 is 1.19 bits per heavy atom. The highest BCUT2D eigenvalue weighted by molar-refractivity contribution is 5.84.